The van der Waals surface area contributed by atoms with Gasteiger partial charge in [-0.25, -0.2) is 4.98 Å². The highest BCUT2D eigenvalue weighted by Crippen LogP contribution is 2.22. The number of piperidine rings is 1. The van der Waals surface area contributed by atoms with Crippen LogP contribution in [0.1, 0.15) is 29.6 Å². The quantitative estimate of drug-likeness (QED) is 0.851. The van der Waals surface area contributed by atoms with E-state index in [1.54, 1.807) is 6.07 Å². The van der Waals surface area contributed by atoms with Gasteiger partial charge in [0, 0.05) is 18.5 Å². The number of carbonyl (C=O) groups is 1. The summed E-state index contributed by atoms with van der Waals surface area (Å²) in [5, 5.41) is 0.882. The van der Waals surface area contributed by atoms with Gasteiger partial charge < -0.3 is 10.6 Å². The Balaban J connectivity index is 2.05. The van der Waals surface area contributed by atoms with Crippen LogP contribution in [0, 0.1) is 0 Å². The van der Waals surface area contributed by atoms with E-state index in [2.05, 4.69) is 4.98 Å². The lowest BCUT2D eigenvalue weighted by Gasteiger charge is -2.27. The smallest absolute Gasteiger partial charge is 0.254 e. The SMILES string of the molecule is Nc1cc(C(=O)N2CCCCC2)c2ccccc2n1. The highest BCUT2D eigenvalue weighted by Gasteiger charge is 2.20. The van der Waals surface area contributed by atoms with Crippen molar-refractivity contribution in [3.8, 4) is 0 Å². The molecule has 4 heteroatoms. The second kappa shape index (κ2) is 4.88. The lowest BCUT2D eigenvalue weighted by Crippen LogP contribution is -2.35. The summed E-state index contributed by atoms with van der Waals surface area (Å²) in [5.74, 6) is 0.476. The van der Waals surface area contributed by atoms with Crippen molar-refractivity contribution < 1.29 is 4.79 Å². The van der Waals surface area contributed by atoms with Crippen molar-refractivity contribution >= 4 is 22.6 Å². The van der Waals surface area contributed by atoms with Crippen LogP contribution in [0.4, 0.5) is 5.82 Å². The van der Waals surface area contributed by atoms with Crippen molar-refractivity contribution in [3.05, 3.63) is 35.9 Å². The molecular formula is C15H17N3O. The summed E-state index contributed by atoms with van der Waals surface area (Å²) >= 11 is 0. The molecule has 1 amide bonds. The van der Waals surface area contributed by atoms with Crippen molar-refractivity contribution in [1.29, 1.82) is 0 Å². The molecule has 1 aromatic heterocycles. The molecular weight excluding hydrogens is 238 g/mol. The second-order valence-electron chi connectivity index (χ2n) is 4.96. The van der Waals surface area contributed by atoms with Crippen LogP contribution in [0.2, 0.25) is 0 Å². The van der Waals surface area contributed by atoms with Gasteiger partial charge in [0.1, 0.15) is 5.82 Å². The third kappa shape index (κ3) is 2.26. The van der Waals surface area contributed by atoms with Crippen LogP contribution in [-0.2, 0) is 0 Å². The maximum Gasteiger partial charge on any atom is 0.254 e. The highest BCUT2D eigenvalue weighted by molar-refractivity contribution is 6.06. The molecule has 19 heavy (non-hydrogen) atoms. The molecule has 1 aromatic carbocycles. The highest BCUT2D eigenvalue weighted by atomic mass is 16.2. The fourth-order valence-corrected chi connectivity index (χ4v) is 2.64. The molecule has 1 aliphatic heterocycles. The van der Waals surface area contributed by atoms with E-state index in [0.717, 1.165) is 36.8 Å². The first-order valence-corrected chi connectivity index (χ1v) is 6.70. The van der Waals surface area contributed by atoms with E-state index >= 15 is 0 Å². The van der Waals surface area contributed by atoms with E-state index in [-0.39, 0.29) is 5.91 Å². The fourth-order valence-electron chi connectivity index (χ4n) is 2.64. The Labute approximate surface area is 112 Å². The average molecular weight is 255 g/mol. The Kier molecular flexibility index (Phi) is 3.07. The van der Waals surface area contributed by atoms with Gasteiger partial charge in [0.25, 0.3) is 5.91 Å². The van der Waals surface area contributed by atoms with Gasteiger partial charge in [0.05, 0.1) is 11.1 Å². The summed E-state index contributed by atoms with van der Waals surface area (Å²) in [4.78, 5) is 18.8. The fraction of sp³-hybridized carbons (Fsp3) is 0.333. The molecule has 2 aromatic rings. The van der Waals surface area contributed by atoms with E-state index in [0.29, 0.717) is 11.4 Å². The van der Waals surface area contributed by atoms with E-state index in [4.69, 9.17) is 5.73 Å². The molecule has 0 bridgehead atoms. The van der Waals surface area contributed by atoms with Crippen molar-refractivity contribution in [3.63, 3.8) is 0 Å². The molecule has 1 fully saturated rings. The van der Waals surface area contributed by atoms with Crippen molar-refractivity contribution in [2.45, 2.75) is 19.3 Å². The molecule has 2 heterocycles. The van der Waals surface area contributed by atoms with Crippen LogP contribution in [0.3, 0.4) is 0 Å². The first-order valence-electron chi connectivity index (χ1n) is 6.70. The topological polar surface area (TPSA) is 59.2 Å². The summed E-state index contributed by atoms with van der Waals surface area (Å²) in [6.45, 7) is 1.69. The minimum absolute atomic E-state index is 0.0741. The number of hydrogen-bond acceptors (Lipinski definition) is 3. The predicted molar refractivity (Wildman–Crippen MR) is 75.9 cm³/mol. The maximum absolute atomic E-state index is 12.6. The van der Waals surface area contributed by atoms with E-state index in [1.165, 1.54) is 6.42 Å². The Morgan fingerprint density at radius 1 is 1.16 bits per heavy atom. The number of aromatic nitrogens is 1. The number of amides is 1. The van der Waals surface area contributed by atoms with Gasteiger partial charge in [-0.05, 0) is 31.4 Å². The summed E-state index contributed by atoms with van der Waals surface area (Å²) < 4.78 is 0. The van der Waals surface area contributed by atoms with Crippen LogP contribution >= 0.6 is 0 Å². The van der Waals surface area contributed by atoms with Crippen LogP contribution in [-0.4, -0.2) is 28.9 Å². The molecule has 0 saturated carbocycles. The van der Waals surface area contributed by atoms with Crippen molar-refractivity contribution in [1.82, 2.24) is 9.88 Å². The molecule has 0 unspecified atom stereocenters. The monoisotopic (exact) mass is 255 g/mol. The van der Waals surface area contributed by atoms with Gasteiger partial charge >= 0.3 is 0 Å². The number of carbonyl (C=O) groups excluding carboxylic acids is 1. The van der Waals surface area contributed by atoms with Gasteiger partial charge in [0.15, 0.2) is 0 Å². The minimum atomic E-state index is 0.0741. The van der Waals surface area contributed by atoms with Gasteiger partial charge in [-0.15, -0.1) is 0 Å². The normalized spacial score (nSPS) is 15.7. The number of nitrogen functional groups attached to an aromatic ring is 1. The predicted octanol–water partition coefficient (Wildman–Crippen LogP) is 2.44. The molecule has 1 aliphatic rings. The lowest BCUT2D eigenvalue weighted by atomic mass is 10.1. The number of nitrogens with zero attached hydrogens (tertiary/aromatic N) is 2. The zero-order valence-corrected chi connectivity index (χ0v) is 10.8. The van der Waals surface area contributed by atoms with Gasteiger partial charge in [0.2, 0.25) is 0 Å². The van der Waals surface area contributed by atoms with Crippen LogP contribution in [0.15, 0.2) is 30.3 Å². The number of fused-ring (bicyclic) bond motifs is 1. The average Bonchev–Trinajstić information content (AvgIpc) is 2.46. The summed E-state index contributed by atoms with van der Waals surface area (Å²) in [6.07, 6.45) is 3.39. The third-order valence-electron chi connectivity index (χ3n) is 3.61. The van der Waals surface area contributed by atoms with E-state index in [1.807, 2.05) is 29.2 Å². The number of rotatable bonds is 1. The zero-order chi connectivity index (χ0) is 13.2. The van der Waals surface area contributed by atoms with Gasteiger partial charge in [-0.3, -0.25) is 4.79 Å². The standard InChI is InChI=1S/C15H17N3O/c16-14-10-12(11-6-2-3-7-13(11)17-14)15(19)18-8-4-1-5-9-18/h2-3,6-7,10H,1,4-5,8-9H2,(H2,16,17). The number of pyridine rings is 1. The number of hydrogen-bond donors (Lipinski definition) is 1. The number of nitrogens with two attached hydrogens (primary N) is 1. The molecule has 0 atom stereocenters. The van der Waals surface area contributed by atoms with Crippen LogP contribution in [0.5, 0.6) is 0 Å². The largest absolute Gasteiger partial charge is 0.384 e. The minimum Gasteiger partial charge on any atom is -0.384 e. The van der Waals surface area contributed by atoms with Crippen molar-refractivity contribution in [2.24, 2.45) is 0 Å². The summed E-state index contributed by atoms with van der Waals surface area (Å²) in [5.41, 5.74) is 7.26. The van der Waals surface area contributed by atoms with Crippen LogP contribution < -0.4 is 5.73 Å². The summed E-state index contributed by atoms with van der Waals surface area (Å²) in [6, 6.07) is 9.34. The molecule has 2 N–H and O–H groups in total. The summed E-state index contributed by atoms with van der Waals surface area (Å²) in [7, 11) is 0. The molecule has 1 saturated heterocycles. The van der Waals surface area contributed by atoms with Gasteiger partial charge in [-0.2, -0.15) is 0 Å². The molecule has 3 rings (SSSR count). The Morgan fingerprint density at radius 3 is 2.68 bits per heavy atom. The molecule has 0 spiro atoms. The Morgan fingerprint density at radius 2 is 1.89 bits per heavy atom. The van der Waals surface area contributed by atoms with E-state index in [9.17, 15) is 4.79 Å². The van der Waals surface area contributed by atoms with Crippen LogP contribution in [0.25, 0.3) is 10.9 Å². The first-order chi connectivity index (χ1) is 9.25. The number of likely N-dealkylation sites (tertiary alicyclic amines) is 1. The lowest BCUT2D eigenvalue weighted by molar-refractivity contribution is 0.0726. The van der Waals surface area contributed by atoms with Crippen molar-refractivity contribution in [2.75, 3.05) is 18.8 Å². The first kappa shape index (κ1) is 12.0. The number of benzene rings is 1. The molecule has 0 radical (unpaired) electrons. The molecule has 98 valence electrons. The number of para-hydroxylation sites is 1. The third-order valence-corrected chi connectivity index (χ3v) is 3.61. The Bertz CT molecular complexity index is 618. The maximum atomic E-state index is 12.6. The zero-order valence-electron chi connectivity index (χ0n) is 10.8. The van der Waals surface area contributed by atoms with E-state index < -0.39 is 0 Å². The Hall–Kier alpha value is -2.10. The second-order valence-corrected chi connectivity index (χ2v) is 4.96. The number of anilines is 1. The molecule has 0 aliphatic carbocycles. The molecule has 4 nitrogen and oxygen atoms in total. The van der Waals surface area contributed by atoms with Gasteiger partial charge in [-0.1, -0.05) is 18.2 Å².